The summed E-state index contributed by atoms with van der Waals surface area (Å²) in [6.07, 6.45) is 2.95. The number of fused-ring (bicyclic) bond motifs is 1. The Morgan fingerprint density at radius 2 is 2.28 bits per heavy atom. The summed E-state index contributed by atoms with van der Waals surface area (Å²) in [7, 11) is -0.979. The highest BCUT2D eigenvalue weighted by Gasteiger charge is 2.31. The molecule has 0 radical (unpaired) electrons. The summed E-state index contributed by atoms with van der Waals surface area (Å²) in [5.74, 6) is -0.424. The quantitative estimate of drug-likeness (QED) is 0.647. The summed E-state index contributed by atoms with van der Waals surface area (Å²) >= 11 is 6.06. The minimum atomic E-state index is -0.979. The van der Waals surface area contributed by atoms with Gasteiger partial charge in [0.1, 0.15) is 6.10 Å². The van der Waals surface area contributed by atoms with Gasteiger partial charge in [-0.3, -0.25) is 0 Å². The third-order valence-electron chi connectivity index (χ3n) is 3.44. The predicted octanol–water partition coefficient (Wildman–Crippen LogP) is 1.27. The summed E-state index contributed by atoms with van der Waals surface area (Å²) in [4.78, 5) is 11.9. The molecule has 6 heteroatoms. The lowest BCUT2D eigenvalue weighted by Gasteiger charge is -2.25. The van der Waals surface area contributed by atoms with Crippen molar-refractivity contribution >= 4 is 30.2 Å². The van der Waals surface area contributed by atoms with Gasteiger partial charge in [-0.15, -0.1) is 0 Å². The van der Waals surface area contributed by atoms with E-state index < -0.39 is 13.1 Å². The molecular weight excluding hydrogens is 254 g/mol. The molecule has 3 rings (SSSR count). The van der Waals surface area contributed by atoms with Crippen LogP contribution in [0.5, 0.6) is 0 Å². The highest BCUT2D eigenvalue weighted by atomic mass is 35.5. The van der Waals surface area contributed by atoms with Gasteiger partial charge in [0.15, 0.2) is 0 Å². The Morgan fingerprint density at radius 3 is 2.94 bits per heavy atom. The SMILES string of the molecule is O=C(OC1CCC1)c1cc2c(cc1Cl)COB2O. The summed E-state index contributed by atoms with van der Waals surface area (Å²) in [6.45, 7) is 0.314. The molecule has 0 saturated heterocycles. The molecule has 1 heterocycles. The molecule has 0 aromatic heterocycles. The van der Waals surface area contributed by atoms with Crippen molar-refractivity contribution in [1.82, 2.24) is 0 Å². The standard InChI is InChI=1S/C12H12BClO4/c14-11-4-7-6-17-13(16)10(7)5-9(11)12(15)18-8-2-1-3-8/h4-5,8,16H,1-3,6H2. The van der Waals surface area contributed by atoms with Crippen LogP contribution >= 0.6 is 11.6 Å². The van der Waals surface area contributed by atoms with Crippen LogP contribution in [0.15, 0.2) is 12.1 Å². The van der Waals surface area contributed by atoms with Gasteiger partial charge in [-0.25, -0.2) is 4.79 Å². The molecule has 0 bridgehead atoms. The number of halogens is 1. The van der Waals surface area contributed by atoms with Crippen molar-refractivity contribution in [2.75, 3.05) is 0 Å². The van der Waals surface area contributed by atoms with Crippen molar-refractivity contribution < 1.29 is 19.2 Å². The maximum Gasteiger partial charge on any atom is 0.491 e. The van der Waals surface area contributed by atoms with Gasteiger partial charge in [-0.05, 0) is 42.4 Å². The Labute approximate surface area is 110 Å². The normalized spacial score (nSPS) is 18.4. The van der Waals surface area contributed by atoms with Gasteiger partial charge in [-0.2, -0.15) is 0 Å². The topological polar surface area (TPSA) is 55.8 Å². The van der Waals surface area contributed by atoms with Crippen LogP contribution in [0.3, 0.4) is 0 Å². The molecule has 1 aliphatic carbocycles. The molecule has 1 N–H and O–H groups in total. The molecule has 0 atom stereocenters. The molecule has 1 aromatic carbocycles. The van der Waals surface area contributed by atoms with Crippen LogP contribution in [-0.2, 0) is 16.0 Å². The Hall–Kier alpha value is -1.04. The van der Waals surface area contributed by atoms with E-state index in [9.17, 15) is 9.82 Å². The van der Waals surface area contributed by atoms with E-state index in [1.165, 1.54) is 0 Å². The number of esters is 1. The molecule has 2 aliphatic rings. The van der Waals surface area contributed by atoms with Crippen molar-refractivity contribution in [2.24, 2.45) is 0 Å². The maximum atomic E-state index is 11.9. The molecule has 0 unspecified atom stereocenters. The third-order valence-corrected chi connectivity index (χ3v) is 3.75. The number of hydrogen-bond donors (Lipinski definition) is 1. The van der Waals surface area contributed by atoms with Crippen LogP contribution in [0.4, 0.5) is 0 Å². The zero-order valence-corrected chi connectivity index (χ0v) is 10.4. The number of hydrogen-bond acceptors (Lipinski definition) is 4. The number of rotatable bonds is 2. The Balaban J connectivity index is 1.87. The zero-order valence-electron chi connectivity index (χ0n) is 9.69. The van der Waals surface area contributed by atoms with Crippen molar-refractivity contribution in [2.45, 2.75) is 32.0 Å². The molecular formula is C12H12BClO4. The number of carbonyl (C=O) groups excluding carboxylic acids is 1. The van der Waals surface area contributed by atoms with Gasteiger partial charge in [0.05, 0.1) is 17.2 Å². The van der Waals surface area contributed by atoms with Crippen molar-refractivity contribution in [3.05, 3.63) is 28.3 Å². The van der Waals surface area contributed by atoms with E-state index in [1.807, 2.05) is 0 Å². The molecule has 1 aliphatic heterocycles. The Kier molecular flexibility index (Phi) is 3.05. The molecule has 1 fully saturated rings. The van der Waals surface area contributed by atoms with Gasteiger partial charge in [0.2, 0.25) is 0 Å². The van der Waals surface area contributed by atoms with Crippen LogP contribution in [0.2, 0.25) is 5.02 Å². The minimum Gasteiger partial charge on any atom is -0.459 e. The van der Waals surface area contributed by atoms with E-state index in [4.69, 9.17) is 21.0 Å². The minimum absolute atomic E-state index is 0.0167. The summed E-state index contributed by atoms with van der Waals surface area (Å²) in [5.41, 5.74) is 1.71. The van der Waals surface area contributed by atoms with Gasteiger partial charge in [0, 0.05) is 0 Å². The van der Waals surface area contributed by atoms with E-state index in [-0.39, 0.29) is 6.10 Å². The molecule has 0 spiro atoms. The molecule has 4 nitrogen and oxygen atoms in total. The van der Waals surface area contributed by atoms with Crippen LogP contribution < -0.4 is 5.46 Å². The summed E-state index contributed by atoms with van der Waals surface area (Å²) in [6, 6.07) is 3.22. The van der Waals surface area contributed by atoms with Crippen LogP contribution in [0, 0.1) is 0 Å². The monoisotopic (exact) mass is 266 g/mol. The van der Waals surface area contributed by atoms with Gasteiger partial charge in [-0.1, -0.05) is 11.6 Å². The van der Waals surface area contributed by atoms with E-state index >= 15 is 0 Å². The van der Waals surface area contributed by atoms with Gasteiger partial charge in [0.25, 0.3) is 0 Å². The fraction of sp³-hybridized carbons (Fsp3) is 0.417. The first-order valence-corrected chi connectivity index (χ1v) is 6.36. The molecule has 18 heavy (non-hydrogen) atoms. The lowest BCUT2D eigenvalue weighted by atomic mass is 9.79. The zero-order chi connectivity index (χ0) is 12.7. The first kappa shape index (κ1) is 12.0. The average Bonchev–Trinajstić information content (AvgIpc) is 2.64. The van der Waals surface area contributed by atoms with E-state index in [0.29, 0.717) is 22.7 Å². The highest BCUT2D eigenvalue weighted by Crippen LogP contribution is 2.26. The molecule has 94 valence electrons. The molecule has 1 aromatic rings. The van der Waals surface area contributed by atoms with E-state index in [2.05, 4.69) is 0 Å². The van der Waals surface area contributed by atoms with Crippen LogP contribution in [-0.4, -0.2) is 24.2 Å². The maximum absolute atomic E-state index is 11.9. The van der Waals surface area contributed by atoms with Crippen molar-refractivity contribution in [3.63, 3.8) is 0 Å². The fourth-order valence-corrected chi connectivity index (χ4v) is 2.37. The number of carbonyl (C=O) groups is 1. The van der Waals surface area contributed by atoms with E-state index in [0.717, 1.165) is 24.8 Å². The first-order valence-electron chi connectivity index (χ1n) is 5.98. The van der Waals surface area contributed by atoms with Crippen molar-refractivity contribution in [1.29, 1.82) is 0 Å². The lowest BCUT2D eigenvalue weighted by molar-refractivity contribution is 0.00904. The Morgan fingerprint density at radius 1 is 1.50 bits per heavy atom. The van der Waals surface area contributed by atoms with E-state index in [1.54, 1.807) is 12.1 Å². The second-order valence-electron chi connectivity index (χ2n) is 4.65. The molecule has 1 saturated carbocycles. The summed E-state index contributed by atoms with van der Waals surface area (Å²) < 4.78 is 10.4. The third kappa shape index (κ3) is 2.02. The number of ether oxygens (including phenoxy) is 1. The van der Waals surface area contributed by atoms with Crippen molar-refractivity contribution in [3.8, 4) is 0 Å². The Bertz CT molecular complexity index is 501. The lowest BCUT2D eigenvalue weighted by Crippen LogP contribution is -2.30. The molecule has 0 amide bonds. The average molecular weight is 266 g/mol. The predicted molar refractivity (Wildman–Crippen MR) is 66.9 cm³/mol. The van der Waals surface area contributed by atoms with Crippen LogP contribution in [0.25, 0.3) is 0 Å². The second kappa shape index (κ2) is 4.57. The van der Waals surface area contributed by atoms with Gasteiger partial charge >= 0.3 is 13.1 Å². The van der Waals surface area contributed by atoms with Gasteiger partial charge < -0.3 is 14.4 Å². The summed E-state index contributed by atoms with van der Waals surface area (Å²) in [5, 5.41) is 9.94. The smallest absolute Gasteiger partial charge is 0.459 e. The largest absolute Gasteiger partial charge is 0.491 e. The first-order chi connectivity index (χ1) is 8.65. The number of benzene rings is 1. The second-order valence-corrected chi connectivity index (χ2v) is 5.06. The highest BCUT2D eigenvalue weighted by molar-refractivity contribution is 6.61. The fourth-order valence-electron chi connectivity index (χ4n) is 2.10. The van der Waals surface area contributed by atoms with Crippen LogP contribution in [0.1, 0.15) is 35.2 Å².